The molecule has 3 rings (SSSR count). The van der Waals surface area contributed by atoms with E-state index in [-0.39, 0.29) is 5.75 Å². The maximum atomic E-state index is 9.44. The van der Waals surface area contributed by atoms with E-state index < -0.39 is 0 Å². The second kappa shape index (κ2) is 3.59. The second-order valence-corrected chi connectivity index (χ2v) is 3.91. The number of imidazole rings is 1. The summed E-state index contributed by atoms with van der Waals surface area (Å²) in [4.78, 5) is 8.59. The second-order valence-electron chi connectivity index (χ2n) is 3.91. The fourth-order valence-corrected chi connectivity index (χ4v) is 1.94. The zero-order valence-electron chi connectivity index (χ0n) is 9.33. The molecule has 0 aliphatic carbocycles. The van der Waals surface area contributed by atoms with Crippen LogP contribution < -0.4 is 0 Å². The maximum Gasteiger partial charge on any atom is 0.142 e. The van der Waals surface area contributed by atoms with Crippen LogP contribution in [0.5, 0.6) is 5.75 Å². The van der Waals surface area contributed by atoms with Crippen molar-refractivity contribution in [2.45, 2.75) is 0 Å². The molecule has 1 aromatic carbocycles. The van der Waals surface area contributed by atoms with Gasteiger partial charge < -0.3 is 9.67 Å². The summed E-state index contributed by atoms with van der Waals surface area (Å²) >= 11 is 0. The third-order valence-corrected chi connectivity index (χ3v) is 2.78. The van der Waals surface area contributed by atoms with Crippen molar-refractivity contribution in [1.29, 1.82) is 0 Å². The normalized spacial score (nSPS) is 10.9. The Labute approximate surface area is 98.2 Å². The predicted molar refractivity (Wildman–Crippen MR) is 65.6 cm³/mol. The van der Waals surface area contributed by atoms with E-state index in [1.807, 2.05) is 29.8 Å². The van der Waals surface area contributed by atoms with Gasteiger partial charge in [-0.2, -0.15) is 0 Å². The zero-order chi connectivity index (χ0) is 11.8. The van der Waals surface area contributed by atoms with E-state index in [1.165, 1.54) is 0 Å². The molecule has 0 spiro atoms. The van der Waals surface area contributed by atoms with Gasteiger partial charge in [-0.25, -0.2) is 4.98 Å². The Balaban J connectivity index is 2.28. The maximum absolute atomic E-state index is 9.44. The van der Waals surface area contributed by atoms with Crippen molar-refractivity contribution in [3.63, 3.8) is 0 Å². The number of rotatable bonds is 1. The van der Waals surface area contributed by atoms with Gasteiger partial charge in [0.1, 0.15) is 11.6 Å². The van der Waals surface area contributed by atoms with Crippen molar-refractivity contribution in [3.8, 4) is 17.1 Å². The molecule has 0 saturated heterocycles. The van der Waals surface area contributed by atoms with Crippen LogP contribution in [0.3, 0.4) is 0 Å². The molecule has 2 aromatic heterocycles. The average molecular weight is 225 g/mol. The number of benzene rings is 1. The number of pyridine rings is 1. The van der Waals surface area contributed by atoms with Crippen LogP contribution in [0.25, 0.3) is 22.4 Å². The largest absolute Gasteiger partial charge is 0.508 e. The number of phenolic OH excluding ortho intramolecular Hbond substituents is 1. The van der Waals surface area contributed by atoms with Crippen LogP contribution in [-0.2, 0) is 7.05 Å². The van der Waals surface area contributed by atoms with E-state index in [4.69, 9.17) is 0 Å². The van der Waals surface area contributed by atoms with Gasteiger partial charge in [-0.15, -0.1) is 0 Å². The van der Waals surface area contributed by atoms with Crippen LogP contribution in [0.4, 0.5) is 0 Å². The number of aromatic hydroxyl groups is 1. The number of aryl methyl sites for hydroxylation is 1. The first kappa shape index (κ1) is 9.84. The molecule has 3 aromatic rings. The molecule has 0 unspecified atom stereocenters. The van der Waals surface area contributed by atoms with Gasteiger partial charge in [-0.05, 0) is 24.3 Å². The van der Waals surface area contributed by atoms with Crippen molar-refractivity contribution in [2.24, 2.45) is 7.05 Å². The molecule has 17 heavy (non-hydrogen) atoms. The number of hydrogen-bond donors (Lipinski definition) is 1. The SMILES string of the molecule is Cn1c(-c2cccnc2)nc2cc(O)ccc21. The van der Waals surface area contributed by atoms with Crippen molar-refractivity contribution >= 4 is 11.0 Å². The van der Waals surface area contributed by atoms with Crippen molar-refractivity contribution in [2.75, 3.05) is 0 Å². The van der Waals surface area contributed by atoms with Gasteiger partial charge in [0, 0.05) is 31.1 Å². The lowest BCUT2D eigenvalue weighted by atomic mass is 10.3. The number of fused-ring (bicyclic) bond motifs is 1. The average Bonchev–Trinajstić information content (AvgIpc) is 2.67. The monoisotopic (exact) mass is 225 g/mol. The first-order chi connectivity index (χ1) is 8.25. The molecule has 2 heterocycles. The summed E-state index contributed by atoms with van der Waals surface area (Å²) in [6.07, 6.45) is 3.51. The lowest BCUT2D eigenvalue weighted by Crippen LogP contribution is -1.92. The molecule has 0 fully saturated rings. The molecule has 0 amide bonds. The third-order valence-electron chi connectivity index (χ3n) is 2.78. The summed E-state index contributed by atoms with van der Waals surface area (Å²) < 4.78 is 1.99. The van der Waals surface area contributed by atoms with Crippen molar-refractivity contribution in [3.05, 3.63) is 42.7 Å². The molecule has 0 saturated carbocycles. The number of hydrogen-bond acceptors (Lipinski definition) is 3. The Morgan fingerprint density at radius 2 is 2.12 bits per heavy atom. The van der Waals surface area contributed by atoms with Crippen LogP contribution in [0.1, 0.15) is 0 Å². The quantitative estimate of drug-likeness (QED) is 0.691. The van der Waals surface area contributed by atoms with Gasteiger partial charge in [0.15, 0.2) is 0 Å². The van der Waals surface area contributed by atoms with E-state index in [1.54, 1.807) is 24.5 Å². The van der Waals surface area contributed by atoms with Gasteiger partial charge in [-0.1, -0.05) is 0 Å². The minimum atomic E-state index is 0.230. The molecule has 1 N–H and O–H groups in total. The highest BCUT2D eigenvalue weighted by molar-refractivity contribution is 5.81. The summed E-state index contributed by atoms with van der Waals surface area (Å²) in [7, 11) is 1.95. The lowest BCUT2D eigenvalue weighted by molar-refractivity contribution is 0.476. The molecule has 4 nitrogen and oxygen atoms in total. The molecule has 0 aliphatic rings. The highest BCUT2D eigenvalue weighted by Gasteiger charge is 2.09. The first-order valence-electron chi connectivity index (χ1n) is 5.31. The Hall–Kier alpha value is -2.36. The van der Waals surface area contributed by atoms with Crippen LogP contribution in [0, 0.1) is 0 Å². The molecule has 84 valence electrons. The Bertz CT molecular complexity index is 674. The van der Waals surface area contributed by atoms with Crippen LogP contribution >= 0.6 is 0 Å². The molecule has 0 atom stereocenters. The summed E-state index contributed by atoms with van der Waals surface area (Å²) in [5.74, 6) is 1.08. The van der Waals surface area contributed by atoms with Crippen LogP contribution in [0.2, 0.25) is 0 Å². The molecular formula is C13H11N3O. The fourth-order valence-electron chi connectivity index (χ4n) is 1.94. The molecular weight excluding hydrogens is 214 g/mol. The van der Waals surface area contributed by atoms with Gasteiger partial charge in [-0.3, -0.25) is 4.98 Å². The molecule has 0 aliphatic heterocycles. The van der Waals surface area contributed by atoms with Crippen molar-refractivity contribution in [1.82, 2.24) is 14.5 Å². The standard InChI is InChI=1S/C13H11N3O/c1-16-12-5-4-10(17)7-11(12)15-13(16)9-3-2-6-14-8-9/h2-8,17H,1H3. The Kier molecular flexibility index (Phi) is 2.08. The summed E-state index contributed by atoms with van der Waals surface area (Å²) in [6.45, 7) is 0. The number of aromatic nitrogens is 3. The van der Waals surface area contributed by atoms with Gasteiger partial charge in [0.25, 0.3) is 0 Å². The smallest absolute Gasteiger partial charge is 0.142 e. The summed E-state index contributed by atoms with van der Waals surface area (Å²) in [5, 5.41) is 9.44. The Morgan fingerprint density at radius 1 is 1.24 bits per heavy atom. The highest BCUT2D eigenvalue weighted by atomic mass is 16.3. The minimum absolute atomic E-state index is 0.230. The lowest BCUT2D eigenvalue weighted by Gasteiger charge is -2.01. The van der Waals surface area contributed by atoms with Crippen LogP contribution in [-0.4, -0.2) is 19.6 Å². The summed E-state index contributed by atoms with van der Waals surface area (Å²) in [5.41, 5.74) is 2.73. The first-order valence-corrected chi connectivity index (χ1v) is 5.31. The number of nitrogens with zero attached hydrogens (tertiary/aromatic N) is 3. The predicted octanol–water partition coefficient (Wildman–Crippen LogP) is 2.34. The van der Waals surface area contributed by atoms with Gasteiger partial charge >= 0.3 is 0 Å². The van der Waals surface area contributed by atoms with Gasteiger partial charge in [0.2, 0.25) is 0 Å². The molecule has 4 heteroatoms. The zero-order valence-corrected chi connectivity index (χ0v) is 9.33. The third kappa shape index (κ3) is 1.54. The topological polar surface area (TPSA) is 50.9 Å². The molecule has 0 bridgehead atoms. The van der Waals surface area contributed by atoms with E-state index in [0.717, 1.165) is 22.4 Å². The fraction of sp³-hybridized carbons (Fsp3) is 0.0769. The van der Waals surface area contributed by atoms with E-state index in [2.05, 4.69) is 9.97 Å². The highest BCUT2D eigenvalue weighted by Crippen LogP contribution is 2.25. The molecule has 0 radical (unpaired) electrons. The van der Waals surface area contributed by atoms with E-state index in [9.17, 15) is 5.11 Å². The van der Waals surface area contributed by atoms with Gasteiger partial charge in [0.05, 0.1) is 11.0 Å². The van der Waals surface area contributed by atoms with Crippen molar-refractivity contribution < 1.29 is 5.11 Å². The van der Waals surface area contributed by atoms with Crippen LogP contribution in [0.15, 0.2) is 42.7 Å². The Morgan fingerprint density at radius 3 is 2.88 bits per heavy atom. The number of phenols is 1. The summed E-state index contributed by atoms with van der Waals surface area (Å²) in [6, 6.07) is 9.03. The van der Waals surface area contributed by atoms with E-state index >= 15 is 0 Å². The van der Waals surface area contributed by atoms with E-state index in [0.29, 0.717) is 0 Å². The minimum Gasteiger partial charge on any atom is -0.508 e.